The summed E-state index contributed by atoms with van der Waals surface area (Å²) in [6.07, 6.45) is 0. The summed E-state index contributed by atoms with van der Waals surface area (Å²) in [4.78, 5) is 19.5. The van der Waals surface area contributed by atoms with Crippen LogP contribution in [0.3, 0.4) is 0 Å². The highest BCUT2D eigenvalue weighted by Gasteiger charge is 2.08. The third kappa shape index (κ3) is 3.57. The van der Waals surface area contributed by atoms with E-state index in [4.69, 9.17) is 0 Å². The fourth-order valence-corrected chi connectivity index (χ4v) is 1.37. The Morgan fingerprint density at radius 1 is 1.18 bits per heavy atom. The second-order valence-corrected chi connectivity index (χ2v) is 3.37. The number of carbonyl (C=O) groups is 1. The van der Waals surface area contributed by atoms with Gasteiger partial charge in [0.05, 0.1) is 10.3 Å². The second kappa shape index (κ2) is 5.60. The summed E-state index contributed by atoms with van der Waals surface area (Å²) in [5, 5.41) is 12.2. The Hall–Kier alpha value is -2.43. The molecule has 0 radical (unpaired) electrons. The number of non-ortho nitro benzene ring substituents is 1. The molecule has 0 heterocycles. The molecule has 2 N–H and O–H groups in total. The SMILES string of the molecule is CC(N)=O.O=[N+]([O-])c1cccc2ccccc12. The minimum Gasteiger partial charge on any atom is -0.370 e. The average Bonchev–Trinajstić information content (AvgIpc) is 2.27. The summed E-state index contributed by atoms with van der Waals surface area (Å²) in [5.41, 5.74) is 4.64. The molecular formula is C12H12N2O3. The van der Waals surface area contributed by atoms with Crippen molar-refractivity contribution in [2.45, 2.75) is 6.92 Å². The Kier molecular flexibility index (Phi) is 4.16. The lowest BCUT2D eigenvalue weighted by Crippen LogP contribution is -2.01. The van der Waals surface area contributed by atoms with Gasteiger partial charge in [-0.3, -0.25) is 14.9 Å². The Morgan fingerprint density at radius 2 is 1.71 bits per heavy atom. The lowest BCUT2D eigenvalue weighted by molar-refractivity contribution is -0.383. The molecule has 0 bridgehead atoms. The van der Waals surface area contributed by atoms with E-state index < -0.39 is 0 Å². The molecule has 0 aromatic heterocycles. The predicted octanol–water partition coefficient (Wildman–Crippen LogP) is 2.24. The molecule has 88 valence electrons. The Bertz CT molecular complexity index is 543. The zero-order valence-electron chi connectivity index (χ0n) is 9.29. The molecular weight excluding hydrogens is 220 g/mol. The van der Waals surface area contributed by atoms with Crippen molar-refractivity contribution in [3.05, 3.63) is 52.6 Å². The number of nitrogens with zero attached hydrogens (tertiary/aromatic N) is 1. The number of rotatable bonds is 1. The predicted molar refractivity (Wildman–Crippen MR) is 65.5 cm³/mol. The highest BCUT2D eigenvalue weighted by atomic mass is 16.6. The van der Waals surface area contributed by atoms with E-state index in [0.717, 1.165) is 5.39 Å². The second-order valence-electron chi connectivity index (χ2n) is 3.37. The van der Waals surface area contributed by atoms with Gasteiger partial charge in [0.2, 0.25) is 5.91 Å². The fraction of sp³-hybridized carbons (Fsp3) is 0.0833. The first-order chi connectivity index (χ1) is 8.02. The van der Waals surface area contributed by atoms with Gasteiger partial charge >= 0.3 is 0 Å². The molecule has 0 fully saturated rings. The largest absolute Gasteiger partial charge is 0.370 e. The number of nitro groups is 1. The number of nitro benzene ring substituents is 1. The van der Waals surface area contributed by atoms with E-state index >= 15 is 0 Å². The summed E-state index contributed by atoms with van der Waals surface area (Å²) in [7, 11) is 0. The lowest BCUT2D eigenvalue weighted by atomic mass is 10.1. The minimum absolute atomic E-state index is 0.165. The van der Waals surface area contributed by atoms with Crippen molar-refractivity contribution in [3.8, 4) is 0 Å². The van der Waals surface area contributed by atoms with Crippen LogP contribution in [0.5, 0.6) is 0 Å². The van der Waals surface area contributed by atoms with Gasteiger partial charge in [-0.15, -0.1) is 0 Å². The van der Waals surface area contributed by atoms with Crippen molar-refractivity contribution in [1.29, 1.82) is 0 Å². The third-order valence-corrected chi connectivity index (χ3v) is 1.96. The molecule has 5 nitrogen and oxygen atoms in total. The van der Waals surface area contributed by atoms with Crippen LogP contribution in [0.2, 0.25) is 0 Å². The first-order valence-corrected chi connectivity index (χ1v) is 4.90. The van der Waals surface area contributed by atoms with Gasteiger partial charge in [0.25, 0.3) is 5.69 Å². The molecule has 0 unspecified atom stereocenters. The zero-order chi connectivity index (χ0) is 12.8. The van der Waals surface area contributed by atoms with Crippen molar-refractivity contribution in [2.75, 3.05) is 0 Å². The molecule has 0 aliphatic heterocycles. The zero-order valence-corrected chi connectivity index (χ0v) is 9.29. The average molecular weight is 232 g/mol. The van der Waals surface area contributed by atoms with Crippen molar-refractivity contribution < 1.29 is 9.72 Å². The maximum absolute atomic E-state index is 10.6. The van der Waals surface area contributed by atoms with Gasteiger partial charge in [-0.2, -0.15) is 0 Å². The number of fused-ring (bicyclic) bond motifs is 1. The Balaban J connectivity index is 0.000000317. The van der Waals surface area contributed by atoms with E-state index in [0.29, 0.717) is 5.39 Å². The van der Waals surface area contributed by atoms with Crippen molar-refractivity contribution in [3.63, 3.8) is 0 Å². The summed E-state index contributed by atoms with van der Waals surface area (Å²) >= 11 is 0. The number of benzene rings is 2. The number of hydrogen-bond donors (Lipinski definition) is 1. The van der Waals surface area contributed by atoms with Crippen LogP contribution in [0, 0.1) is 10.1 Å². The van der Waals surface area contributed by atoms with Gasteiger partial charge in [0.1, 0.15) is 0 Å². The molecule has 2 aromatic rings. The smallest absolute Gasteiger partial charge is 0.277 e. The Labute approximate surface area is 98.0 Å². The molecule has 2 rings (SSSR count). The molecule has 0 aliphatic rings. The van der Waals surface area contributed by atoms with Crippen LogP contribution < -0.4 is 5.73 Å². The van der Waals surface area contributed by atoms with Crippen molar-refractivity contribution in [1.82, 2.24) is 0 Å². The molecule has 0 saturated carbocycles. The third-order valence-electron chi connectivity index (χ3n) is 1.96. The Morgan fingerprint density at radius 3 is 2.29 bits per heavy atom. The number of nitrogens with two attached hydrogens (primary N) is 1. The standard InChI is InChI=1S/C10H7NO2.C2H5NO/c12-11(13)10-7-3-5-8-4-1-2-6-9(8)10;1-2(3)4/h1-7H;1H3,(H2,3,4). The first-order valence-electron chi connectivity index (χ1n) is 4.90. The summed E-state index contributed by atoms with van der Waals surface area (Å²) < 4.78 is 0. The van der Waals surface area contributed by atoms with E-state index in [1.165, 1.54) is 13.0 Å². The maximum Gasteiger partial charge on any atom is 0.277 e. The van der Waals surface area contributed by atoms with Crippen molar-refractivity contribution in [2.24, 2.45) is 5.73 Å². The van der Waals surface area contributed by atoms with E-state index in [2.05, 4.69) is 5.73 Å². The van der Waals surface area contributed by atoms with Gasteiger partial charge in [-0.25, -0.2) is 0 Å². The van der Waals surface area contributed by atoms with Gasteiger partial charge in [0, 0.05) is 13.0 Å². The lowest BCUT2D eigenvalue weighted by Gasteiger charge is -1.97. The number of amides is 1. The monoisotopic (exact) mass is 232 g/mol. The molecule has 0 saturated heterocycles. The summed E-state index contributed by atoms with van der Waals surface area (Å²) in [5.74, 6) is -0.333. The van der Waals surface area contributed by atoms with Crippen LogP contribution in [-0.4, -0.2) is 10.8 Å². The van der Waals surface area contributed by atoms with E-state index in [9.17, 15) is 14.9 Å². The van der Waals surface area contributed by atoms with Gasteiger partial charge in [0.15, 0.2) is 0 Å². The highest BCUT2D eigenvalue weighted by Crippen LogP contribution is 2.24. The highest BCUT2D eigenvalue weighted by molar-refractivity contribution is 5.90. The molecule has 5 heteroatoms. The molecule has 2 aromatic carbocycles. The van der Waals surface area contributed by atoms with E-state index in [1.807, 2.05) is 18.2 Å². The van der Waals surface area contributed by atoms with Gasteiger partial charge in [-0.1, -0.05) is 30.3 Å². The normalized spacial score (nSPS) is 9.24. The van der Waals surface area contributed by atoms with Crippen LogP contribution in [0.15, 0.2) is 42.5 Å². The first kappa shape index (κ1) is 12.6. The van der Waals surface area contributed by atoms with Crippen LogP contribution in [0.25, 0.3) is 10.8 Å². The maximum atomic E-state index is 10.6. The quantitative estimate of drug-likeness (QED) is 0.604. The van der Waals surface area contributed by atoms with Crippen LogP contribution in [-0.2, 0) is 4.79 Å². The molecule has 0 aliphatic carbocycles. The minimum atomic E-state index is -0.359. The molecule has 0 atom stereocenters. The topological polar surface area (TPSA) is 86.2 Å². The summed E-state index contributed by atoms with van der Waals surface area (Å²) in [6, 6.07) is 12.4. The van der Waals surface area contributed by atoms with Crippen LogP contribution >= 0.6 is 0 Å². The summed E-state index contributed by atoms with van der Waals surface area (Å²) in [6.45, 7) is 1.31. The molecule has 0 spiro atoms. The number of carbonyl (C=O) groups excluding carboxylic acids is 1. The van der Waals surface area contributed by atoms with E-state index in [1.54, 1.807) is 18.2 Å². The van der Waals surface area contributed by atoms with E-state index in [-0.39, 0.29) is 16.5 Å². The van der Waals surface area contributed by atoms with Gasteiger partial charge in [-0.05, 0) is 11.5 Å². The number of hydrogen-bond acceptors (Lipinski definition) is 3. The van der Waals surface area contributed by atoms with Crippen LogP contribution in [0.4, 0.5) is 5.69 Å². The number of primary amides is 1. The van der Waals surface area contributed by atoms with Crippen LogP contribution in [0.1, 0.15) is 6.92 Å². The van der Waals surface area contributed by atoms with Gasteiger partial charge < -0.3 is 5.73 Å². The molecule has 1 amide bonds. The fourth-order valence-electron chi connectivity index (χ4n) is 1.37. The van der Waals surface area contributed by atoms with Crippen molar-refractivity contribution >= 4 is 22.4 Å². The molecule has 17 heavy (non-hydrogen) atoms.